The molecule has 1 aromatic rings. The third-order valence-electron chi connectivity index (χ3n) is 2.63. The van der Waals surface area contributed by atoms with Crippen LogP contribution in [0.2, 0.25) is 0 Å². The minimum atomic E-state index is -3.66. The Kier molecular flexibility index (Phi) is 2.77. The van der Waals surface area contributed by atoms with Crippen molar-refractivity contribution in [2.24, 2.45) is 11.1 Å². The molecule has 0 saturated heterocycles. The van der Waals surface area contributed by atoms with E-state index in [9.17, 15) is 8.42 Å². The number of rotatable bonds is 4. The standard InChI is InChI=1S/C10H15N3O2S/c11-9-4-3-8(16(12,14)15)5-10(9)13-6-7-1-2-7/h3-5,7,13H,1-2,6,11H2,(H2,12,14,15). The van der Waals surface area contributed by atoms with Gasteiger partial charge in [-0.2, -0.15) is 0 Å². The van der Waals surface area contributed by atoms with Crippen molar-refractivity contribution in [1.82, 2.24) is 0 Å². The number of nitrogens with two attached hydrogens (primary N) is 2. The zero-order valence-electron chi connectivity index (χ0n) is 8.81. The van der Waals surface area contributed by atoms with Crippen LogP contribution in [0, 0.1) is 5.92 Å². The van der Waals surface area contributed by atoms with E-state index in [1.54, 1.807) is 6.07 Å². The van der Waals surface area contributed by atoms with Crippen molar-refractivity contribution >= 4 is 21.4 Å². The molecule has 0 unspecified atom stereocenters. The molecule has 1 aliphatic rings. The van der Waals surface area contributed by atoms with Crippen molar-refractivity contribution in [2.75, 3.05) is 17.6 Å². The highest BCUT2D eigenvalue weighted by Crippen LogP contribution is 2.30. The number of hydrogen-bond donors (Lipinski definition) is 3. The predicted molar refractivity (Wildman–Crippen MR) is 63.4 cm³/mol. The quantitative estimate of drug-likeness (QED) is 0.677. The molecule has 1 fully saturated rings. The van der Waals surface area contributed by atoms with Gasteiger partial charge in [-0.15, -0.1) is 0 Å². The maximum absolute atomic E-state index is 11.2. The Bertz CT molecular complexity index is 495. The molecule has 0 amide bonds. The van der Waals surface area contributed by atoms with E-state index in [4.69, 9.17) is 10.9 Å². The molecule has 0 spiro atoms. The van der Waals surface area contributed by atoms with Gasteiger partial charge in [-0.1, -0.05) is 0 Å². The molecule has 5 N–H and O–H groups in total. The van der Waals surface area contributed by atoms with Crippen molar-refractivity contribution in [3.63, 3.8) is 0 Å². The summed E-state index contributed by atoms with van der Waals surface area (Å²) in [5, 5.41) is 8.19. The van der Waals surface area contributed by atoms with E-state index in [1.807, 2.05) is 0 Å². The van der Waals surface area contributed by atoms with Crippen molar-refractivity contribution in [1.29, 1.82) is 0 Å². The van der Waals surface area contributed by atoms with E-state index in [0.717, 1.165) is 6.54 Å². The molecule has 2 rings (SSSR count). The van der Waals surface area contributed by atoms with Gasteiger partial charge in [0.15, 0.2) is 0 Å². The Morgan fingerprint density at radius 1 is 1.38 bits per heavy atom. The molecule has 6 heteroatoms. The third-order valence-corrected chi connectivity index (χ3v) is 3.54. The molecule has 88 valence electrons. The van der Waals surface area contributed by atoms with E-state index in [1.165, 1.54) is 25.0 Å². The first-order chi connectivity index (χ1) is 7.47. The van der Waals surface area contributed by atoms with Crippen LogP contribution in [0.25, 0.3) is 0 Å². The summed E-state index contributed by atoms with van der Waals surface area (Å²) in [6.07, 6.45) is 2.45. The average Bonchev–Trinajstić information content (AvgIpc) is 2.98. The lowest BCUT2D eigenvalue weighted by atomic mass is 10.2. The minimum absolute atomic E-state index is 0.0833. The highest BCUT2D eigenvalue weighted by molar-refractivity contribution is 7.89. The van der Waals surface area contributed by atoms with Crippen LogP contribution >= 0.6 is 0 Å². The molecule has 5 nitrogen and oxygen atoms in total. The molecule has 0 aromatic heterocycles. The molecule has 1 aliphatic carbocycles. The van der Waals surface area contributed by atoms with Crippen LogP contribution in [0.4, 0.5) is 11.4 Å². The largest absolute Gasteiger partial charge is 0.397 e. The summed E-state index contributed by atoms with van der Waals surface area (Å²) < 4.78 is 22.3. The smallest absolute Gasteiger partial charge is 0.238 e. The topological polar surface area (TPSA) is 98.2 Å². The van der Waals surface area contributed by atoms with Crippen LogP contribution in [0.15, 0.2) is 23.1 Å². The van der Waals surface area contributed by atoms with Crippen LogP contribution in [0.5, 0.6) is 0 Å². The van der Waals surface area contributed by atoms with Gasteiger partial charge in [0.05, 0.1) is 16.3 Å². The highest BCUT2D eigenvalue weighted by atomic mass is 32.2. The van der Waals surface area contributed by atoms with Gasteiger partial charge in [0.1, 0.15) is 0 Å². The Morgan fingerprint density at radius 3 is 2.62 bits per heavy atom. The number of anilines is 2. The number of sulfonamides is 1. The van der Waals surface area contributed by atoms with Crippen molar-refractivity contribution in [2.45, 2.75) is 17.7 Å². The van der Waals surface area contributed by atoms with Gasteiger partial charge in [-0.3, -0.25) is 0 Å². The summed E-state index contributed by atoms with van der Waals surface area (Å²) in [5.41, 5.74) is 6.91. The van der Waals surface area contributed by atoms with Crippen LogP contribution in [-0.4, -0.2) is 15.0 Å². The lowest BCUT2D eigenvalue weighted by molar-refractivity contribution is 0.598. The molecule has 1 saturated carbocycles. The van der Waals surface area contributed by atoms with E-state index in [2.05, 4.69) is 5.32 Å². The van der Waals surface area contributed by atoms with E-state index in [-0.39, 0.29) is 4.90 Å². The Labute approximate surface area is 94.9 Å². The van der Waals surface area contributed by atoms with Crippen molar-refractivity contribution < 1.29 is 8.42 Å². The predicted octanol–water partition coefficient (Wildman–Crippen LogP) is 0.738. The molecule has 0 atom stereocenters. The lowest BCUT2D eigenvalue weighted by Crippen LogP contribution is -2.13. The zero-order valence-corrected chi connectivity index (χ0v) is 9.63. The monoisotopic (exact) mass is 241 g/mol. The van der Waals surface area contributed by atoms with E-state index in [0.29, 0.717) is 17.3 Å². The van der Waals surface area contributed by atoms with Crippen molar-refractivity contribution in [3.8, 4) is 0 Å². The Morgan fingerprint density at radius 2 is 2.06 bits per heavy atom. The number of nitrogens with one attached hydrogen (secondary N) is 1. The van der Waals surface area contributed by atoms with Gasteiger partial charge in [0, 0.05) is 6.54 Å². The van der Waals surface area contributed by atoms with Gasteiger partial charge in [0.2, 0.25) is 10.0 Å². The van der Waals surface area contributed by atoms with E-state index < -0.39 is 10.0 Å². The Balaban J connectivity index is 2.21. The van der Waals surface area contributed by atoms with Crippen LogP contribution in [-0.2, 0) is 10.0 Å². The third kappa shape index (κ3) is 2.65. The van der Waals surface area contributed by atoms with Gasteiger partial charge in [-0.05, 0) is 37.0 Å². The SMILES string of the molecule is Nc1ccc(S(N)(=O)=O)cc1NCC1CC1. The number of benzene rings is 1. The molecule has 0 heterocycles. The summed E-state index contributed by atoms with van der Waals surface area (Å²) in [7, 11) is -3.66. The maximum atomic E-state index is 11.2. The summed E-state index contributed by atoms with van der Waals surface area (Å²) in [6, 6.07) is 4.44. The fourth-order valence-corrected chi connectivity index (χ4v) is 1.98. The highest BCUT2D eigenvalue weighted by Gasteiger charge is 2.21. The average molecular weight is 241 g/mol. The van der Waals surface area contributed by atoms with Crippen LogP contribution in [0.1, 0.15) is 12.8 Å². The molecule has 16 heavy (non-hydrogen) atoms. The fraction of sp³-hybridized carbons (Fsp3) is 0.400. The molecule has 1 aromatic carbocycles. The zero-order chi connectivity index (χ0) is 11.8. The second-order valence-corrected chi connectivity index (χ2v) is 5.68. The second-order valence-electron chi connectivity index (χ2n) is 4.12. The molecule has 0 bridgehead atoms. The van der Waals surface area contributed by atoms with Gasteiger partial charge in [-0.25, -0.2) is 13.6 Å². The molecule has 0 radical (unpaired) electrons. The normalized spacial score (nSPS) is 16.1. The first kappa shape index (κ1) is 11.2. The number of primary sulfonamides is 1. The van der Waals surface area contributed by atoms with Gasteiger partial charge >= 0.3 is 0 Å². The molecular weight excluding hydrogens is 226 g/mol. The lowest BCUT2D eigenvalue weighted by Gasteiger charge is -2.10. The summed E-state index contributed by atoms with van der Waals surface area (Å²) in [4.78, 5) is 0.0833. The Hall–Kier alpha value is -1.27. The summed E-state index contributed by atoms with van der Waals surface area (Å²) in [5.74, 6) is 0.692. The van der Waals surface area contributed by atoms with Gasteiger partial charge < -0.3 is 11.1 Å². The van der Waals surface area contributed by atoms with E-state index >= 15 is 0 Å². The molecule has 0 aliphatic heterocycles. The van der Waals surface area contributed by atoms with Gasteiger partial charge in [0.25, 0.3) is 0 Å². The van der Waals surface area contributed by atoms with Crippen LogP contribution in [0.3, 0.4) is 0 Å². The van der Waals surface area contributed by atoms with Crippen LogP contribution < -0.4 is 16.2 Å². The number of hydrogen-bond acceptors (Lipinski definition) is 4. The second kappa shape index (κ2) is 3.95. The maximum Gasteiger partial charge on any atom is 0.238 e. The first-order valence-electron chi connectivity index (χ1n) is 5.13. The first-order valence-corrected chi connectivity index (χ1v) is 6.67. The summed E-state index contributed by atoms with van der Waals surface area (Å²) >= 11 is 0. The summed E-state index contributed by atoms with van der Waals surface area (Å²) in [6.45, 7) is 0.832. The minimum Gasteiger partial charge on any atom is -0.397 e. The van der Waals surface area contributed by atoms with Crippen molar-refractivity contribution in [3.05, 3.63) is 18.2 Å². The molecular formula is C10H15N3O2S. The fourth-order valence-electron chi connectivity index (χ4n) is 1.44. The number of nitrogen functional groups attached to an aromatic ring is 1.